The van der Waals surface area contributed by atoms with Gasteiger partial charge >= 0.3 is 0 Å². The number of nitrogens with one attached hydrogen (secondary N) is 2. The van der Waals surface area contributed by atoms with Crippen LogP contribution in [-0.4, -0.2) is 25.7 Å². The molecule has 14 heavy (non-hydrogen) atoms. The van der Waals surface area contributed by atoms with E-state index in [1.807, 2.05) is 0 Å². The van der Waals surface area contributed by atoms with Crippen LogP contribution in [0.1, 0.15) is 51.9 Å². The lowest BCUT2D eigenvalue weighted by Crippen LogP contribution is -2.40. The fourth-order valence-corrected chi connectivity index (χ4v) is 2.06. The van der Waals surface area contributed by atoms with E-state index in [1.54, 1.807) is 0 Å². The van der Waals surface area contributed by atoms with Crippen LogP contribution in [0.2, 0.25) is 0 Å². The molecule has 0 saturated carbocycles. The first-order chi connectivity index (χ1) is 6.93. The molecule has 0 aromatic rings. The monoisotopic (exact) mass is 198 g/mol. The van der Waals surface area contributed by atoms with Gasteiger partial charge in [-0.25, -0.2) is 0 Å². The van der Waals surface area contributed by atoms with Crippen molar-refractivity contribution in [2.75, 3.05) is 19.6 Å². The van der Waals surface area contributed by atoms with E-state index in [9.17, 15) is 0 Å². The van der Waals surface area contributed by atoms with E-state index in [2.05, 4.69) is 17.6 Å². The zero-order valence-corrected chi connectivity index (χ0v) is 9.65. The normalized spacial score (nSPS) is 18.6. The fraction of sp³-hybridized carbons (Fsp3) is 1.00. The topological polar surface area (TPSA) is 24.1 Å². The zero-order chi connectivity index (χ0) is 10.1. The molecule has 1 aliphatic rings. The Bertz CT molecular complexity index is 119. The molecule has 1 heterocycles. The summed E-state index contributed by atoms with van der Waals surface area (Å²) in [6, 6.07) is 0.794. The zero-order valence-electron chi connectivity index (χ0n) is 9.65. The summed E-state index contributed by atoms with van der Waals surface area (Å²) in [6.45, 7) is 5.91. The van der Waals surface area contributed by atoms with Gasteiger partial charge in [0.05, 0.1) is 0 Å². The second kappa shape index (κ2) is 8.25. The molecule has 1 aliphatic heterocycles. The van der Waals surface area contributed by atoms with E-state index in [0.717, 1.165) is 6.04 Å². The maximum atomic E-state index is 3.66. The van der Waals surface area contributed by atoms with Crippen molar-refractivity contribution in [2.45, 2.75) is 57.9 Å². The summed E-state index contributed by atoms with van der Waals surface area (Å²) in [4.78, 5) is 0. The molecule has 0 amide bonds. The third kappa shape index (κ3) is 5.61. The molecule has 2 N–H and O–H groups in total. The Morgan fingerprint density at radius 3 is 2.50 bits per heavy atom. The fourth-order valence-electron chi connectivity index (χ4n) is 2.06. The van der Waals surface area contributed by atoms with Gasteiger partial charge in [-0.3, -0.25) is 0 Å². The number of hydrogen-bond acceptors (Lipinski definition) is 2. The number of hydrogen-bond donors (Lipinski definition) is 2. The Morgan fingerprint density at radius 2 is 1.79 bits per heavy atom. The van der Waals surface area contributed by atoms with Gasteiger partial charge in [0, 0.05) is 6.04 Å². The third-order valence-electron chi connectivity index (χ3n) is 3.05. The standard InChI is InChI=1S/C12H26N2/c1-2-3-4-5-6-9-14-12-7-10-13-11-8-12/h12-14H,2-11H2,1H3. The maximum Gasteiger partial charge on any atom is 0.00912 e. The molecular formula is C12H26N2. The van der Waals surface area contributed by atoms with E-state index < -0.39 is 0 Å². The van der Waals surface area contributed by atoms with Gasteiger partial charge in [-0.15, -0.1) is 0 Å². The van der Waals surface area contributed by atoms with E-state index >= 15 is 0 Å². The molecule has 0 atom stereocenters. The SMILES string of the molecule is CCCCCCCNC1CCNCC1. The largest absolute Gasteiger partial charge is 0.317 e. The lowest BCUT2D eigenvalue weighted by molar-refractivity contribution is 0.383. The molecule has 2 nitrogen and oxygen atoms in total. The van der Waals surface area contributed by atoms with Crippen LogP contribution in [0.15, 0.2) is 0 Å². The molecule has 0 unspecified atom stereocenters. The smallest absolute Gasteiger partial charge is 0.00912 e. The molecule has 84 valence electrons. The van der Waals surface area contributed by atoms with Crippen LogP contribution in [-0.2, 0) is 0 Å². The maximum absolute atomic E-state index is 3.66. The Hall–Kier alpha value is -0.0800. The first-order valence-electron chi connectivity index (χ1n) is 6.37. The second-order valence-corrected chi connectivity index (χ2v) is 4.39. The summed E-state index contributed by atoms with van der Waals surface area (Å²) < 4.78 is 0. The molecule has 0 aliphatic carbocycles. The first kappa shape index (κ1) is 12.0. The Morgan fingerprint density at radius 1 is 1.07 bits per heavy atom. The van der Waals surface area contributed by atoms with Crippen molar-refractivity contribution in [2.24, 2.45) is 0 Å². The summed E-state index contributed by atoms with van der Waals surface area (Å²) >= 11 is 0. The van der Waals surface area contributed by atoms with Crippen LogP contribution < -0.4 is 10.6 Å². The van der Waals surface area contributed by atoms with Gasteiger partial charge in [-0.05, 0) is 38.9 Å². The number of unbranched alkanes of at least 4 members (excludes halogenated alkanes) is 4. The highest BCUT2D eigenvalue weighted by Gasteiger charge is 2.10. The van der Waals surface area contributed by atoms with Crippen molar-refractivity contribution >= 4 is 0 Å². The Balaban J connectivity index is 1.82. The van der Waals surface area contributed by atoms with E-state index in [1.165, 1.54) is 64.6 Å². The summed E-state index contributed by atoms with van der Waals surface area (Å²) in [6.07, 6.45) is 9.58. The average Bonchev–Trinajstić information content (AvgIpc) is 2.25. The number of piperidine rings is 1. The summed E-state index contributed by atoms with van der Waals surface area (Å²) in [5.74, 6) is 0. The lowest BCUT2D eigenvalue weighted by Gasteiger charge is -2.23. The second-order valence-electron chi connectivity index (χ2n) is 4.39. The van der Waals surface area contributed by atoms with Crippen LogP contribution in [0.5, 0.6) is 0 Å². The van der Waals surface area contributed by atoms with Gasteiger partial charge in [0.15, 0.2) is 0 Å². The molecule has 1 fully saturated rings. The van der Waals surface area contributed by atoms with Gasteiger partial charge in [0.1, 0.15) is 0 Å². The van der Waals surface area contributed by atoms with Gasteiger partial charge in [-0.1, -0.05) is 32.6 Å². The summed E-state index contributed by atoms with van der Waals surface area (Å²) in [7, 11) is 0. The average molecular weight is 198 g/mol. The molecule has 0 radical (unpaired) electrons. The molecule has 0 aromatic heterocycles. The lowest BCUT2D eigenvalue weighted by atomic mass is 10.1. The van der Waals surface area contributed by atoms with Crippen LogP contribution in [0.25, 0.3) is 0 Å². The third-order valence-corrected chi connectivity index (χ3v) is 3.05. The van der Waals surface area contributed by atoms with Crippen LogP contribution >= 0.6 is 0 Å². The molecule has 1 rings (SSSR count). The highest BCUT2D eigenvalue weighted by atomic mass is 15.0. The van der Waals surface area contributed by atoms with E-state index in [4.69, 9.17) is 0 Å². The minimum Gasteiger partial charge on any atom is -0.317 e. The Labute approximate surface area is 88.8 Å². The predicted octanol–water partition coefficient (Wildman–Crippen LogP) is 2.30. The molecule has 2 heteroatoms. The quantitative estimate of drug-likeness (QED) is 0.613. The summed E-state index contributed by atoms with van der Waals surface area (Å²) in [5.41, 5.74) is 0. The minimum atomic E-state index is 0.794. The van der Waals surface area contributed by atoms with Crippen molar-refractivity contribution < 1.29 is 0 Å². The van der Waals surface area contributed by atoms with Crippen molar-refractivity contribution in [3.63, 3.8) is 0 Å². The summed E-state index contributed by atoms with van der Waals surface area (Å²) in [5, 5.41) is 7.05. The minimum absolute atomic E-state index is 0.794. The van der Waals surface area contributed by atoms with Crippen molar-refractivity contribution in [3.8, 4) is 0 Å². The number of rotatable bonds is 7. The van der Waals surface area contributed by atoms with Gasteiger partial charge in [0.2, 0.25) is 0 Å². The molecule has 1 saturated heterocycles. The first-order valence-corrected chi connectivity index (χ1v) is 6.37. The highest BCUT2D eigenvalue weighted by molar-refractivity contribution is 4.73. The Kier molecular flexibility index (Phi) is 7.06. The van der Waals surface area contributed by atoms with Crippen LogP contribution in [0, 0.1) is 0 Å². The molecular weight excluding hydrogens is 172 g/mol. The van der Waals surface area contributed by atoms with Crippen LogP contribution in [0.4, 0.5) is 0 Å². The van der Waals surface area contributed by atoms with Crippen molar-refractivity contribution in [3.05, 3.63) is 0 Å². The van der Waals surface area contributed by atoms with Crippen molar-refractivity contribution in [1.29, 1.82) is 0 Å². The molecule has 0 aromatic carbocycles. The highest BCUT2D eigenvalue weighted by Crippen LogP contribution is 2.04. The van der Waals surface area contributed by atoms with E-state index in [0.29, 0.717) is 0 Å². The van der Waals surface area contributed by atoms with E-state index in [-0.39, 0.29) is 0 Å². The predicted molar refractivity (Wildman–Crippen MR) is 62.7 cm³/mol. The van der Waals surface area contributed by atoms with Gasteiger partial charge < -0.3 is 10.6 Å². The van der Waals surface area contributed by atoms with Gasteiger partial charge in [-0.2, -0.15) is 0 Å². The van der Waals surface area contributed by atoms with Crippen molar-refractivity contribution in [1.82, 2.24) is 10.6 Å². The molecule has 0 spiro atoms. The van der Waals surface area contributed by atoms with Crippen LogP contribution in [0.3, 0.4) is 0 Å². The molecule has 0 bridgehead atoms. The van der Waals surface area contributed by atoms with Gasteiger partial charge in [0.25, 0.3) is 0 Å².